The minimum absolute atomic E-state index is 0.0743. The maximum absolute atomic E-state index is 13.7. The number of ketones is 1. The molecule has 6 heteroatoms. The van der Waals surface area contributed by atoms with Gasteiger partial charge in [0, 0.05) is 14.0 Å². The summed E-state index contributed by atoms with van der Waals surface area (Å²) in [6.45, 7) is 3.37. The third-order valence-corrected chi connectivity index (χ3v) is 2.70. The largest absolute Gasteiger partial charge is 0.366 e. The van der Waals surface area contributed by atoms with Gasteiger partial charge in [-0.1, -0.05) is 11.2 Å². The maximum Gasteiger partial charge on any atom is 0.223 e. The van der Waals surface area contributed by atoms with Gasteiger partial charge >= 0.3 is 0 Å². The van der Waals surface area contributed by atoms with E-state index in [2.05, 4.69) is 10.1 Å². The Kier molecular flexibility index (Phi) is 3.59. The molecule has 2 rings (SSSR count). The van der Waals surface area contributed by atoms with Crippen molar-refractivity contribution in [3.8, 4) is 0 Å². The van der Waals surface area contributed by atoms with Crippen LogP contribution in [0.25, 0.3) is 0 Å². The topological polar surface area (TPSA) is 59.2 Å². The summed E-state index contributed by atoms with van der Waals surface area (Å²) >= 11 is 0. The molecule has 0 spiro atoms. The molecule has 1 heterocycles. The standard InChI is InChI=1S/C13H14FN3O2/c1-8(18)13-10(14)5-4-6-11(13)17(3)7-12-15-9(2)19-16-12/h4-6H,7H2,1-3H3. The molecule has 0 atom stereocenters. The van der Waals surface area contributed by atoms with Gasteiger partial charge in [-0.2, -0.15) is 4.98 Å². The molecule has 0 saturated carbocycles. The zero-order valence-corrected chi connectivity index (χ0v) is 11.0. The average Bonchev–Trinajstić information content (AvgIpc) is 2.73. The number of benzene rings is 1. The highest BCUT2D eigenvalue weighted by molar-refractivity contribution is 5.99. The lowest BCUT2D eigenvalue weighted by atomic mass is 10.1. The van der Waals surface area contributed by atoms with Crippen molar-refractivity contribution in [2.45, 2.75) is 20.4 Å². The molecule has 0 unspecified atom stereocenters. The molecule has 2 aromatic rings. The Hall–Kier alpha value is -2.24. The molecule has 1 aromatic heterocycles. The van der Waals surface area contributed by atoms with Crippen LogP contribution in [0.4, 0.5) is 10.1 Å². The van der Waals surface area contributed by atoms with Gasteiger partial charge in [-0.3, -0.25) is 4.79 Å². The lowest BCUT2D eigenvalue weighted by Gasteiger charge is -2.20. The fourth-order valence-corrected chi connectivity index (χ4v) is 1.88. The van der Waals surface area contributed by atoms with Crippen LogP contribution in [0, 0.1) is 12.7 Å². The van der Waals surface area contributed by atoms with Crippen molar-refractivity contribution in [1.29, 1.82) is 0 Å². The Bertz CT molecular complexity index is 610. The number of nitrogens with zero attached hydrogens (tertiary/aromatic N) is 3. The van der Waals surface area contributed by atoms with Crippen LogP contribution < -0.4 is 4.90 Å². The summed E-state index contributed by atoms with van der Waals surface area (Å²) in [5.41, 5.74) is 0.583. The molecule has 0 aliphatic heterocycles. The number of carbonyl (C=O) groups is 1. The first-order chi connectivity index (χ1) is 8.99. The summed E-state index contributed by atoms with van der Waals surface area (Å²) in [6.07, 6.45) is 0. The van der Waals surface area contributed by atoms with E-state index in [-0.39, 0.29) is 11.3 Å². The molecular weight excluding hydrogens is 249 g/mol. The average molecular weight is 263 g/mol. The third kappa shape index (κ3) is 2.78. The van der Waals surface area contributed by atoms with Crippen molar-refractivity contribution < 1.29 is 13.7 Å². The number of hydrogen-bond donors (Lipinski definition) is 0. The van der Waals surface area contributed by atoms with Crippen LogP contribution in [0.5, 0.6) is 0 Å². The van der Waals surface area contributed by atoms with E-state index in [1.165, 1.54) is 13.0 Å². The molecule has 0 aliphatic carbocycles. The summed E-state index contributed by atoms with van der Waals surface area (Å²) in [5, 5.41) is 3.77. The first kappa shape index (κ1) is 13.2. The second-order valence-corrected chi connectivity index (χ2v) is 4.28. The van der Waals surface area contributed by atoms with Crippen molar-refractivity contribution in [3.63, 3.8) is 0 Å². The molecule has 0 fully saturated rings. The molecule has 100 valence electrons. The quantitative estimate of drug-likeness (QED) is 0.792. The predicted octanol–water partition coefficient (Wildman–Crippen LogP) is 2.36. The number of aryl methyl sites for hydroxylation is 1. The molecule has 5 nitrogen and oxygen atoms in total. The first-order valence-electron chi connectivity index (χ1n) is 5.79. The molecule has 0 amide bonds. The van der Waals surface area contributed by atoms with Gasteiger partial charge in [0.15, 0.2) is 11.6 Å². The van der Waals surface area contributed by atoms with Crippen LogP contribution in [-0.2, 0) is 6.54 Å². The lowest BCUT2D eigenvalue weighted by molar-refractivity contribution is 0.101. The van der Waals surface area contributed by atoms with Crippen LogP contribution in [0.15, 0.2) is 22.7 Å². The minimum atomic E-state index is -0.527. The molecule has 1 aromatic carbocycles. The Morgan fingerprint density at radius 1 is 1.47 bits per heavy atom. The maximum atomic E-state index is 13.7. The van der Waals surface area contributed by atoms with Crippen LogP contribution in [0.1, 0.15) is 29.0 Å². The molecule has 0 saturated heterocycles. The number of Topliss-reactive ketones (excluding diaryl/α,β-unsaturated/α-hetero) is 1. The summed E-state index contributed by atoms with van der Waals surface area (Å²) in [6, 6.07) is 4.52. The number of halogens is 1. The summed E-state index contributed by atoms with van der Waals surface area (Å²) in [4.78, 5) is 17.3. The van der Waals surface area contributed by atoms with Crippen LogP contribution >= 0.6 is 0 Å². The third-order valence-electron chi connectivity index (χ3n) is 2.70. The number of aromatic nitrogens is 2. The van der Waals surface area contributed by atoms with Crippen molar-refractivity contribution in [1.82, 2.24) is 10.1 Å². The smallest absolute Gasteiger partial charge is 0.223 e. The van der Waals surface area contributed by atoms with E-state index >= 15 is 0 Å². The SMILES string of the molecule is CC(=O)c1c(F)cccc1N(C)Cc1noc(C)n1. The van der Waals surface area contributed by atoms with Crippen molar-refractivity contribution in [2.24, 2.45) is 0 Å². The molecule has 0 N–H and O–H groups in total. The zero-order chi connectivity index (χ0) is 14.0. The van der Waals surface area contributed by atoms with Crippen LogP contribution in [-0.4, -0.2) is 23.0 Å². The second-order valence-electron chi connectivity index (χ2n) is 4.28. The van der Waals surface area contributed by atoms with Crippen LogP contribution in [0.2, 0.25) is 0 Å². The summed E-state index contributed by atoms with van der Waals surface area (Å²) < 4.78 is 18.6. The van der Waals surface area contributed by atoms with E-state index in [9.17, 15) is 9.18 Å². The van der Waals surface area contributed by atoms with Crippen molar-refractivity contribution in [3.05, 3.63) is 41.3 Å². The summed E-state index contributed by atoms with van der Waals surface area (Å²) in [7, 11) is 1.74. The fourth-order valence-electron chi connectivity index (χ4n) is 1.88. The normalized spacial score (nSPS) is 10.5. The summed E-state index contributed by atoms with van der Waals surface area (Å²) in [5.74, 6) is 0.110. The molecular formula is C13H14FN3O2. The number of rotatable bonds is 4. The molecule has 0 bridgehead atoms. The van der Waals surface area contributed by atoms with E-state index in [4.69, 9.17) is 4.52 Å². The number of hydrogen-bond acceptors (Lipinski definition) is 5. The highest BCUT2D eigenvalue weighted by Crippen LogP contribution is 2.23. The van der Waals surface area contributed by atoms with Crippen molar-refractivity contribution in [2.75, 3.05) is 11.9 Å². The molecule has 19 heavy (non-hydrogen) atoms. The van der Waals surface area contributed by atoms with E-state index < -0.39 is 5.82 Å². The van der Waals surface area contributed by atoms with E-state index in [0.717, 1.165) is 0 Å². The van der Waals surface area contributed by atoms with E-state index in [1.807, 2.05) is 0 Å². The monoisotopic (exact) mass is 263 g/mol. The highest BCUT2D eigenvalue weighted by atomic mass is 19.1. The second kappa shape index (κ2) is 5.17. The Labute approximate surface area is 110 Å². The molecule has 0 radical (unpaired) electrons. The number of anilines is 1. The predicted molar refractivity (Wildman–Crippen MR) is 67.5 cm³/mol. The van der Waals surface area contributed by atoms with Crippen LogP contribution in [0.3, 0.4) is 0 Å². The van der Waals surface area contributed by atoms with Gasteiger partial charge in [0.2, 0.25) is 5.89 Å². The molecule has 0 aliphatic rings. The van der Waals surface area contributed by atoms with Crippen molar-refractivity contribution >= 4 is 11.5 Å². The highest BCUT2D eigenvalue weighted by Gasteiger charge is 2.17. The van der Waals surface area contributed by atoms with Gasteiger partial charge in [0.1, 0.15) is 5.82 Å². The minimum Gasteiger partial charge on any atom is -0.366 e. The van der Waals surface area contributed by atoms with Gasteiger partial charge in [-0.25, -0.2) is 4.39 Å². The Balaban J connectivity index is 2.31. The van der Waals surface area contributed by atoms with Gasteiger partial charge in [-0.05, 0) is 19.1 Å². The van der Waals surface area contributed by atoms with E-state index in [1.54, 1.807) is 31.0 Å². The fraction of sp³-hybridized carbons (Fsp3) is 0.308. The first-order valence-corrected chi connectivity index (χ1v) is 5.79. The van der Waals surface area contributed by atoms with Gasteiger partial charge < -0.3 is 9.42 Å². The Morgan fingerprint density at radius 2 is 2.21 bits per heavy atom. The lowest BCUT2D eigenvalue weighted by Crippen LogP contribution is -2.20. The zero-order valence-electron chi connectivity index (χ0n) is 11.0. The van der Waals surface area contributed by atoms with Gasteiger partial charge in [0.05, 0.1) is 17.8 Å². The van der Waals surface area contributed by atoms with Gasteiger partial charge in [-0.15, -0.1) is 0 Å². The Morgan fingerprint density at radius 3 is 2.79 bits per heavy atom. The van der Waals surface area contributed by atoms with E-state index in [0.29, 0.717) is 23.9 Å². The number of carbonyl (C=O) groups excluding carboxylic acids is 1. The van der Waals surface area contributed by atoms with Gasteiger partial charge in [0.25, 0.3) is 0 Å².